The maximum Gasteiger partial charge on any atom is 0.270 e. The summed E-state index contributed by atoms with van der Waals surface area (Å²) in [5, 5.41) is 5.76. The van der Waals surface area contributed by atoms with E-state index < -0.39 is 0 Å². The molecule has 6 heteroatoms. The van der Waals surface area contributed by atoms with Crippen LogP contribution in [0.15, 0.2) is 42.5 Å². The Bertz CT molecular complexity index is 1100. The molecule has 5 nitrogen and oxygen atoms in total. The first-order chi connectivity index (χ1) is 15.5. The monoisotopic (exact) mass is 448 g/mol. The number of piperidine rings is 1. The number of hydrogen-bond acceptors (Lipinski definition) is 2. The van der Waals surface area contributed by atoms with E-state index in [1.54, 1.807) is 0 Å². The normalized spacial score (nSPS) is 28.2. The molecule has 32 heavy (non-hydrogen) atoms. The molecule has 6 rings (SSSR count). The quantitative estimate of drug-likeness (QED) is 0.558. The van der Waals surface area contributed by atoms with Gasteiger partial charge in [0.05, 0.1) is 0 Å². The van der Waals surface area contributed by atoms with Crippen LogP contribution < -0.4 is 5.32 Å². The van der Waals surface area contributed by atoms with E-state index >= 15 is 0 Å². The van der Waals surface area contributed by atoms with E-state index in [1.807, 2.05) is 29.8 Å². The summed E-state index contributed by atoms with van der Waals surface area (Å²) in [6.45, 7) is 3.75. The van der Waals surface area contributed by atoms with Crippen molar-refractivity contribution < 1.29 is 4.79 Å². The van der Waals surface area contributed by atoms with Crippen molar-refractivity contribution in [1.82, 2.24) is 19.7 Å². The number of allylic oxidation sites excluding steroid dienone is 1. The summed E-state index contributed by atoms with van der Waals surface area (Å²) >= 11 is 5.82. The topological polar surface area (TPSA) is 40.5 Å². The molecule has 2 bridgehead atoms. The van der Waals surface area contributed by atoms with Crippen LogP contribution in [0, 0.1) is 17.3 Å². The van der Waals surface area contributed by atoms with Crippen LogP contribution in [-0.2, 0) is 7.05 Å². The van der Waals surface area contributed by atoms with E-state index in [0.717, 1.165) is 66.6 Å². The molecule has 3 unspecified atom stereocenters. The Morgan fingerprint density at radius 2 is 1.81 bits per heavy atom. The van der Waals surface area contributed by atoms with Crippen LogP contribution in [0.1, 0.15) is 42.6 Å². The molecule has 3 fully saturated rings. The zero-order chi connectivity index (χ0) is 21.9. The summed E-state index contributed by atoms with van der Waals surface area (Å²) in [5.74, 6) is 1.58. The van der Waals surface area contributed by atoms with Crippen LogP contribution in [0.2, 0.25) is 0 Å². The number of nitrogens with one attached hydrogen (secondary N) is 1. The van der Waals surface area contributed by atoms with E-state index in [0.29, 0.717) is 17.4 Å². The molecule has 4 aliphatic rings. The van der Waals surface area contributed by atoms with Gasteiger partial charge in [0.1, 0.15) is 5.69 Å². The lowest BCUT2D eigenvalue weighted by atomic mass is 9.77. The van der Waals surface area contributed by atoms with Crippen molar-refractivity contribution >= 4 is 34.1 Å². The van der Waals surface area contributed by atoms with Gasteiger partial charge in [0.25, 0.3) is 5.91 Å². The van der Waals surface area contributed by atoms with Gasteiger partial charge < -0.3 is 19.7 Å². The SMILES string of the molecule is Cn1c(C(=O)N2CCC3(CC2)CCN(C(=S)NC2CC4C=CC2C4)C3)cc2ccccc21. The van der Waals surface area contributed by atoms with Crippen LogP contribution in [0.25, 0.3) is 10.9 Å². The number of fused-ring (bicyclic) bond motifs is 3. The third-order valence-electron chi connectivity index (χ3n) is 8.60. The second-order valence-electron chi connectivity index (χ2n) is 10.4. The smallest absolute Gasteiger partial charge is 0.270 e. The minimum atomic E-state index is 0.162. The van der Waals surface area contributed by atoms with Gasteiger partial charge in [-0.25, -0.2) is 0 Å². The molecule has 1 N–H and O–H groups in total. The highest BCUT2D eigenvalue weighted by Gasteiger charge is 2.43. The van der Waals surface area contributed by atoms with Gasteiger partial charge in [-0.15, -0.1) is 0 Å². The first kappa shape index (κ1) is 20.3. The van der Waals surface area contributed by atoms with E-state index in [-0.39, 0.29) is 5.91 Å². The molecule has 3 atom stereocenters. The maximum atomic E-state index is 13.3. The summed E-state index contributed by atoms with van der Waals surface area (Å²) in [4.78, 5) is 17.7. The number of carbonyl (C=O) groups excluding carboxylic acids is 1. The molecule has 168 valence electrons. The number of amides is 1. The third-order valence-corrected chi connectivity index (χ3v) is 8.97. The fraction of sp³-hybridized carbons (Fsp3) is 0.538. The Morgan fingerprint density at radius 1 is 1.06 bits per heavy atom. The number of rotatable bonds is 2. The number of likely N-dealkylation sites (tertiary alicyclic amines) is 2. The molecule has 1 saturated carbocycles. The number of carbonyl (C=O) groups is 1. The predicted octanol–water partition coefficient (Wildman–Crippen LogP) is 3.95. The van der Waals surface area contributed by atoms with Gasteiger partial charge in [0.15, 0.2) is 5.11 Å². The molecular formula is C26H32N4OS. The fourth-order valence-electron chi connectivity index (χ4n) is 6.55. The van der Waals surface area contributed by atoms with Crippen LogP contribution in [0.4, 0.5) is 0 Å². The fourth-order valence-corrected chi connectivity index (χ4v) is 6.86. The van der Waals surface area contributed by atoms with Crippen molar-refractivity contribution in [2.24, 2.45) is 24.3 Å². The molecule has 1 amide bonds. The molecular weight excluding hydrogens is 416 g/mol. The molecule has 2 aliphatic carbocycles. The Kier molecular flexibility index (Phi) is 4.83. The first-order valence-electron chi connectivity index (χ1n) is 12.1. The van der Waals surface area contributed by atoms with Gasteiger partial charge in [-0.1, -0.05) is 30.4 Å². The lowest BCUT2D eigenvalue weighted by Gasteiger charge is -2.39. The lowest BCUT2D eigenvalue weighted by Crippen LogP contribution is -2.48. The van der Waals surface area contributed by atoms with E-state index in [4.69, 9.17) is 12.2 Å². The van der Waals surface area contributed by atoms with Gasteiger partial charge in [0, 0.05) is 50.2 Å². The van der Waals surface area contributed by atoms with Gasteiger partial charge in [-0.3, -0.25) is 4.79 Å². The molecule has 3 heterocycles. The molecule has 1 aromatic heterocycles. The Morgan fingerprint density at radius 3 is 2.50 bits per heavy atom. The molecule has 1 spiro atoms. The Balaban J connectivity index is 1.07. The van der Waals surface area contributed by atoms with Gasteiger partial charge >= 0.3 is 0 Å². The average Bonchev–Trinajstić information content (AvgIpc) is 3.58. The van der Waals surface area contributed by atoms with Crippen molar-refractivity contribution in [2.45, 2.75) is 38.1 Å². The predicted molar refractivity (Wildman–Crippen MR) is 132 cm³/mol. The summed E-state index contributed by atoms with van der Waals surface area (Å²) in [7, 11) is 2.00. The van der Waals surface area contributed by atoms with Crippen molar-refractivity contribution in [2.75, 3.05) is 26.2 Å². The average molecular weight is 449 g/mol. The number of aryl methyl sites for hydroxylation is 1. The van der Waals surface area contributed by atoms with Gasteiger partial charge in [0.2, 0.25) is 0 Å². The molecule has 1 aromatic carbocycles. The summed E-state index contributed by atoms with van der Waals surface area (Å²) in [5.41, 5.74) is 2.21. The molecule has 0 radical (unpaired) electrons. The molecule has 2 saturated heterocycles. The highest BCUT2D eigenvalue weighted by Crippen LogP contribution is 2.42. The zero-order valence-corrected chi connectivity index (χ0v) is 19.6. The van der Waals surface area contributed by atoms with Gasteiger partial charge in [-0.2, -0.15) is 0 Å². The molecule has 2 aliphatic heterocycles. The third kappa shape index (κ3) is 3.35. The Hall–Kier alpha value is -2.34. The molecule has 2 aromatic rings. The van der Waals surface area contributed by atoms with Crippen molar-refractivity contribution in [3.05, 3.63) is 48.2 Å². The number of benzene rings is 1. The number of aromatic nitrogens is 1. The van der Waals surface area contributed by atoms with Crippen molar-refractivity contribution in [3.8, 4) is 0 Å². The van der Waals surface area contributed by atoms with E-state index in [2.05, 4.69) is 39.4 Å². The second kappa shape index (κ2) is 7.62. The summed E-state index contributed by atoms with van der Waals surface area (Å²) < 4.78 is 2.04. The summed E-state index contributed by atoms with van der Waals surface area (Å²) in [6.07, 6.45) is 10.6. The first-order valence-corrected chi connectivity index (χ1v) is 12.5. The Labute approximate surface area is 195 Å². The maximum absolute atomic E-state index is 13.3. The highest BCUT2D eigenvalue weighted by molar-refractivity contribution is 7.80. The van der Waals surface area contributed by atoms with Crippen LogP contribution in [-0.4, -0.2) is 57.6 Å². The van der Waals surface area contributed by atoms with Crippen molar-refractivity contribution in [3.63, 3.8) is 0 Å². The standard InChI is InChI=1S/C26H32N4OS/c1-28-22-5-3-2-4-20(22)16-23(28)24(31)29-11-8-26(9-12-29)10-13-30(17-26)25(32)27-21-15-18-6-7-19(21)14-18/h2-7,16,18-19,21H,8-15,17H2,1H3,(H,27,32). The number of thiocarbonyl (C=S) groups is 1. The number of nitrogens with zero attached hydrogens (tertiary/aromatic N) is 3. The van der Waals surface area contributed by atoms with Gasteiger partial charge in [-0.05, 0) is 73.7 Å². The van der Waals surface area contributed by atoms with Crippen LogP contribution in [0.5, 0.6) is 0 Å². The second-order valence-corrected chi connectivity index (χ2v) is 10.8. The summed E-state index contributed by atoms with van der Waals surface area (Å²) in [6, 6.07) is 10.8. The number of para-hydroxylation sites is 1. The zero-order valence-electron chi connectivity index (χ0n) is 18.8. The lowest BCUT2D eigenvalue weighted by molar-refractivity contribution is 0.0590. The van der Waals surface area contributed by atoms with E-state index in [9.17, 15) is 4.79 Å². The van der Waals surface area contributed by atoms with Crippen LogP contribution in [0.3, 0.4) is 0 Å². The largest absolute Gasteiger partial charge is 0.359 e. The minimum Gasteiger partial charge on any atom is -0.359 e. The van der Waals surface area contributed by atoms with E-state index in [1.165, 1.54) is 19.3 Å². The van der Waals surface area contributed by atoms with Crippen molar-refractivity contribution in [1.29, 1.82) is 0 Å². The van der Waals surface area contributed by atoms with Crippen LogP contribution >= 0.6 is 12.2 Å². The number of hydrogen-bond donors (Lipinski definition) is 1. The minimum absolute atomic E-state index is 0.162. The highest BCUT2D eigenvalue weighted by atomic mass is 32.1.